The molecule has 3 N–H and O–H groups in total. The number of nitrogens with zero attached hydrogens (tertiary/aromatic N) is 1. The van der Waals surface area contributed by atoms with Crippen LogP contribution in [0.15, 0.2) is 46.9 Å². The Bertz CT molecular complexity index is 672. The number of nitrogens with two attached hydrogens (primary N) is 1. The summed E-state index contributed by atoms with van der Waals surface area (Å²) >= 11 is 3.44. The van der Waals surface area contributed by atoms with E-state index in [1.807, 2.05) is 42.5 Å². The second-order valence-corrected chi connectivity index (χ2v) is 5.53. The zero-order chi connectivity index (χ0) is 14.1. The molecule has 0 saturated heterocycles. The van der Waals surface area contributed by atoms with Gasteiger partial charge in [0.1, 0.15) is 0 Å². The van der Waals surface area contributed by atoms with Crippen molar-refractivity contribution in [3.8, 4) is 0 Å². The molecule has 102 valence electrons. The zero-order valence-electron chi connectivity index (χ0n) is 10.8. The minimum atomic E-state index is 0.0222. The lowest BCUT2D eigenvalue weighted by molar-refractivity contribution is -0.116. The van der Waals surface area contributed by atoms with E-state index in [0.717, 1.165) is 27.1 Å². The molecule has 3 rings (SSSR count). The van der Waals surface area contributed by atoms with E-state index in [4.69, 9.17) is 5.73 Å². The van der Waals surface area contributed by atoms with Crippen LogP contribution < -0.4 is 16.0 Å². The topological polar surface area (TPSA) is 58.4 Å². The lowest BCUT2D eigenvalue weighted by Gasteiger charge is -2.30. The highest BCUT2D eigenvalue weighted by Crippen LogP contribution is 2.37. The minimum absolute atomic E-state index is 0.0222. The van der Waals surface area contributed by atoms with Gasteiger partial charge in [0.05, 0.1) is 17.9 Å². The number of anilines is 3. The predicted molar refractivity (Wildman–Crippen MR) is 84.1 cm³/mol. The smallest absolute Gasteiger partial charge is 0.250 e. The van der Waals surface area contributed by atoms with Crippen LogP contribution in [0.5, 0.6) is 0 Å². The quantitative estimate of drug-likeness (QED) is 0.889. The van der Waals surface area contributed by atoms with Crippen molar-refractivity contribution in [1.29, 1.82) is 0 Å². The van der Waals surface area contributed by atoms with Crippen LogP contribution in [-0.4, -0.2) is 12.5 Å². The number of carbonyl (C=O) groups excluding carboxylic acids is 1. The molecule has 0 aromatic heterocycles. The maximum absolute atomic E-state index is 12.3. The van der Waals surface area contributed by atoms with Gasteiger partial charge in [-0.05, 0) is 35.9 Å². The van der Waals surface area contributed by atoms with E-state index < -0.39 is 0 Å². The summed E-state index contributed by atoms with van der Waals surface area (Å²) in [5.74, 6) is 0.0222. The van der Waals surface area contributed by atoms with Gasteiger partial charge in [0.2, 0.25) is 0 Å². The van der Waals surface area contributed by atoms with Gasteiger partial charge in [0.25, 0.3) is 5.91 Å². The minimum Gasteiger partial charge on any atom is -0.374 e. The Kier molecular flexibility index (Phi) is 3.46. The van der Waals surface area contributed by atoms with Gasteiger partial charge in [-0.3, -0.25) is 9.69 Å². The lowest BCUT2D eigenvalue weighted by Crippen LogP contribution is -2.36. The number of fused-ring (bicyclic) bond motifs is 1. The average Bonchev–Trinajstić information content (AvgIpc) is 2.47. The average molecular weight is 332 g/mol. The highest BCUT2D eigenvalue weighted by Gasteiger charge is 2.25. The van der Waals surface area contributed by atoms with Crippen LogP contribution in [0, 0.1) is 0 Å². The lowest BCUT2D eigenvalue weighted by atomic mass is 10.1. The summed E-state index contributed by atoms with van der Waals surface area (Å²) in [4.78, 5) is 14.0. The van der Waals surface area contributed by atoms with Crippen molar-refractivity contribution < 1.29 is 4.79 Å². The second kappa shape index (κ2) is 5.26. The predicted octanol–water partition coefficient (Wildman–Crippen LogP) is 3.00. The first-order valence-corrected chi connectivity index (χ1v) is 7.14. The number of hydrogen-bond acceptors (Lipinski definition) is 3. The fraction of sp³-hybridized carbons (Fsp3) is 0.133. The van der Waals surface area contributed by atoms with E-state index in [0.29, 0.717) is 6.54 Å². The molecule has 5 heteroatoms. The standard InChI is InChI=1S/C15H14BrN3O/c16-11-4-5-14-13(7-11)18-9-15(20)19(14)12-3-1-2-10(6-12)8-17/h1-7,18H,8-9,17H2. The van der Waals surface area contributed by atoms with Crippen LogP contribution in [0.3, 0.4) is 0 Å². The molecule has 0 bridgehead atoms. The first-order valence-electron chi connectivity index (χ1n) is 6.34. The van der Waals surface area contributed by atoms with E-state index >= 15 is 0 Å². The van der Waals surface area contributed by atoms with Gasteiger partial charge < -0.3 is 11.1 Å². The molecule has 4 nitrogen and oxygen atoms in total. The third-order valence-corrected chi connectivity index (χ3v) is 3.78. The number of hydrogen-bond donors (Lipinski definition) is 2. The SMILES string of the molecule is NCc1cccc(N2C(=O)CNc3cc(Br)ccc32)c1. The molecule has 20 heavy (non-hydrogen) atoms. The number of benzene rings is 2. The molecule has 1 heterocycles. The summed E-state index contributed by atoms with van der Waals surface area (Å²) in [5.41, 5.74) is 9.33. The molecule has 1 aliphatic rings. The zero-order valence-corrected chi connectivity index (χ0v) is 12.4. The van der Waals surface area contributed by atoms with Crippen LogP contribution in [0.25, 0.3) is 0 Å². The number of amides is 1. The van der Waals surface area contributed by atoms with Gasteiger partial charge in [0, 0.05) is 16.7 Å². The first-order chi connectivity index (χ1) is 9.69. The van der Waals surface area contributed by atoms with E-state index in [1.54, 1.807) is 4.90 Å². The summed E-state index contributed by atoms with van der Waals surface area (Å²) < 4.78 is 0.980. The first kappa shape index (κ1) is 13.1. The van der Waals surface area contributed by atoms with Crippen LogP contribution in [0.1, 0.15) is 5.56 Å². The van der Waals surface area contributed by atoms with Crippen molar-refractivity contribution in [2.45, 2.75) is 6.54 Å². The Morgan fingerprint density at radius 3 is 2.90 bits per heavy atom. The third-order valence-electron chi connectivity index (χ3n) is 3.28. The molecule has 2 aromatic rings. The molecule has 1 amide bonds. The van der Waals surface area contributed by atoms with Gasteiger partial charge in [0.15, 0.2) is 0 Å². The van der Waals surface area contributed by atoms with Crippen LogP contribution in [0.2, 0.25) is 0 Å². The highest BCUT2D eigenvalue weighted by molar-refractivity contribution is 9.10. The maximum atomic E-state index is 12.3. The van der Waals surface area contributed by atoms with Crippen molar-refractivity contribution in [3.63, 3.8) is 0 Å². The number of nitrogens with one attached hydrogen (secondary N) is 1. The molecular weight excluding hydrogens is 318 g/mol. The highest BCUT2D eigenvalue weighted by atomic mass is 79.9. The second-order valence-electron chi connectivity index (χ2n) is 4.62. The van der Waals surface area contributed by atoms with Crippen LogP contribution in [-0.2, 0) is 11.3 Å². The molecule has 2 aromatic carbocycles. The Balaban J connectivity index is 2.10. The summed E-state index contributed by atoms with van der Waals surface area (Å²) in [6.45, 7) is 0.748. The Hall–Kier alpha value is -1.85. The van der Waals surface area contributed by atoms with Crippen molar-refractivity contribution in [3.05, 3.63) is 52.5 Å². The van der Waals surface area contributed by atoms with Crippen molar-refractivity contribution in [2.24, 2.45) is 5.73 Å². The number of rotatable bonds is 2. The Morgan fingerprint density at radius 1 is 1.25 bits per heavy atom. The van der Waals surface area contributed by atoms with E-state index in [2.05, 4.69) is 21.2 Å². The Morgan fingerprint density at radius 2 is 2.10 bits per heavy atom. The van der Waals surface area contributed by atoms with E-state index in [1.165, 1.54) is 0 Å². The molecule has 0 unspecified atom stereocenters. The normalized spacial score (nSPS) is 13.9. The summed E-state index contributed by atoms with van der Waals surface area (Å²) in [6.07, 6.45) is 0. The molecule has 1 aliphatic heterocycles. The van der Waals surface area contributed by atoms with Gasteiger partial charge in [-0.1, -0.05) is 28.1 Å². The maximum Gasteiger partial charge on any atom is 0.250 e. The van der Waals surface area contributed by atoms with Crippen molar-refractivity contribution in [1.82, 2.24) is 0 Å². The molecule has 0 atom stereocenters. The van der Waals surface area contributed by atoms with Gasteiger partial charge >= 0.3 is 0 Å². The monoisotopic (exact) mass is 331 g/mol. The molecular formula is C15H14BrN3O. The fourth-order valence-corrected chi connectivity index (χ4v) is 2.70. The van der Waals surface area contributed by atoms with Crippen molar-refractivity contribution >= 4 is 38.9 Å². The summed E-state index contributed by atoms with van der Waals surface area (Å²) in [7, 11) is 0. The van der Waals surface area contributed by atoms with Gasteiger partial charge in [-0.15, -0.1) is 0 Å². The van der Waals surface area contributed by atoms with Crippen LogP contribution >= 0.6 is 15.9 Å². The molecule has 0 spiro atoms. The number of carbonyl (C=O) groups is 1. The summed E-state index contributed by atoms with van der Waals surface area (Å²) in [6, 6.07) is 13.6. The van der Waals surface area contributed by atoms with Crippen LogP contribution in [0.4, 0.5) is 17.1 Å². The number of halogens is 1. The third kappa shape index (κ3) is 2.30. The fourth-order valence-electron chi connectivity index (χ4n) is 2.33. The van der Waals surface area contributed by atoms with Crippen molar-refractivity contribution in [2.75, 3.05) is 16.8 Å². The van der Waals surface area contributed by atoms with E-state index in [9.17, 15) is 4.79 Å². The summed E-state index contributed by atoms with van der Waals surface area (Å²) in [5, 5.41) is 3.14. The largest absolute Gasteiger partial charge is 0.374 e. The van der Waals surface area contributed by atoms with Gasteiger partial charge in [-0.2, -0.15) is 0 Å². The van der Waals surface area contributed by atoms with Gasteiger partial charge in [-0.25, -0.2) is 0 Å². The molecule has 0 radical (unpaired) electrons. The molecule has 0 saturated carbocycles. The Labute approximate surface area is 125 Å². The molecule has 0 aliphatic carbocycles. The van der Waals surface area contributed by atoms with E-state index in [-0.39, 0.29) is 12.5 Å². The molecule has 0 fully saturated rings.